The number of amides is 2. The molecule has 0 unspecified atom stereocenters. The predicted molar refractivity (Wildman–Crippen MR) is 140 cm³/mol. The quantitative estimate of drug-likeness (QED) is 0.392. The molecule has 2 heterocycles. The number of nitrogens with zero attached hydrogens (tertiary/aromatic N) is 2. The van der Waals surface area contributed by atoms with Crippen LogP contribution in [0.3, 0.4) is 0 Å². The van der Waals surface area contributed by atoms with Crippen LogP contribution in [0.15, 0.2) is 41.1 Å². The number of rotatable bonds is 7. The molecule has 2 aliphatic carbocycles. The third-order valence-corrected chi connectivity index (χ3v) is 7.89. The van der Waals surface area contributed by atoms with Crippen molar-refractivity contribution in [2.45, 2.75) is 56.6 Å². The molecule has 0 saturated heterocycles. The maximum atomic E-state index is 14.9. The van der Waals surface area contributed by atoms with Crippen molar-refractivity contribution in [3.8, 4) is 22.4 Å². The van der Waals surface area contributed by atoms with Crippen LogP contribution in [0.25, 0.3) is 22.4 Å². The van der Waals surface area contributed by atoms with E-state index in [1.165, 1.54) is 13.1 Å². The van der Waals surface area contributed by atoms with Crippen LogP contribution in [0.2, 0.25) is 0 Å². The third-order valence-electron chi connectivity index (χ3n) is 7.21. The van der Waals surface area contributed by atoms with E-state index in [1.54, 1.807) is 23.5 Å². The third kappa shape index (κ3) is 5.80. The second-order valence-corrected chi connectivity index (χ2v) is 10.7. The van der Waals surface area contributed by atoms with Crippen molar-refractivity contribution in [3.05, 3.63) is 52.5 Å². The average molecular weight is 524 g/mol. The summed E-state index contributed by atoms with van der Waals surface area (Å²) >= 11 is 1.54. The first-order chi connectivity index (χ1) is 17.8. The molecule has 0 radical (unpaired) electrons. The summed E-state index contributed by atoms with van der Waals surface area (Å²) in [6.07, 6.45) is 4.49. The van der Waals surface area contributed by atoms with E-state index in [0.29, 0.717) is 29.1 Å². The normalized spacial score (nSPS) is 20.2. The number of hydrogen-bond acceptors (Lipinski definition) is 7. The van der Waals surface area contributed by atoms with Gasteiger partial charge in [0.15, 0.2) is 5.82 Å². The molecule has 8 nitrogen and oxygen atoms in total. The Labute approximate surface area is 218 Å². The van der Waals surface area contributed by atoms with Crippen LogP contribution in [0, 0.1) is 11.7 Å². The van der Waals surface area contributed by atoms with Gasteiger partial charge in [-0.3, -0.25) is 4.79 Å². The number of carbonyl (C=O) groups is 2. The Kier molecular flexibility index (Phi) is 7.21. The molecule has 194 valence electrons. The van der Waals surface area contributed by atoms with E-state index in [0.717, 1.165) is 49.7 Å². The number of halogens is 1. The largest absolute Gasteiger partial charge is 0.446 e. The van der Waals surface area contributed by atoms with Gasteiger partial charge in [-0.05, 0) is 79.0 Å². The second-order valence-electron chi connectivity index (χ2n) is 9.90. The summed E-state index contributed by atoms with van der Waals surface area (Å²) < 4.78 is 20.2. The van der Waals surface area contributed by atoms with E-state index < -0.39 is 11.6 Å². The zero-order chi connectivity index (χ0) is 26.0. The van der Waals surface area contributed by atoms with E-state index in [1.807, 2.05) is 22.9 Å². The average Bonchev–Trinajstić information content (AvgIpc) is 3.39. The predicted octanol–water partition coefficient (Wildman–Crippen LogP) is 5.20. The molecule has 2 fully saturated rings. The number of nitrogens with two attached hydrogens (primary N) is 1. The Morgan fingerprint density at radius 3 is 2.57 bits per heavy atom. The number of ether oxygens (including phenoxy) is 1. The molecule has 4 N–H and O–H groups in total. The van der Waals surface area contributed by atoms with Crippen LogP contribution in [-0.4, -0.2) is 35.3 Å². The van der Waals surface area contributed by atoms with Gasteiger partial charge >= 0.3 is 6.09 Å². The number of alkyl carbamates (subject to hydrolysis) is 1. The summed E-state index contributed by atoms with van der Waals surface area (Å²) in [7, 11) is 1.54. The molecule has 0 spiro atoms. The maximum Gasteiger partial charge on any atom is 0.407 e. The van der Waals surface area contributed by atoms with Crippen LogP contribution in [0.4, 0.5) is 15.0 Å². The molecule has 37 heavy (non-hydrogen) atoms. The summed E-state index contributed by atoms with van der Waals surface area (Å²) in [5, 5.41) is 17.9. The standard InChI is InChI=1S/C27H30FN5O3S/c1-30-26(35)36-19-5-2-16(3-6-19)12-24(34)31-23-14-20(18-8-11-37-15-18)25(33-32-23)17-4-7-21(22(28)13-17)27(29)9-10-27/h4,7-8,11,13-16,19H,2-3,5-6,9-10,12,29H2,1H3,(H,30,35)(H,31,32,34). The van der Waals surface area contributed by atoms with Gasteiger partial charge in [0.05, 0.1) is 0 Å². The second kappa shape index (κ2) is 10.5. The Morgan fingerprint density at radius 1 is 1.14 bits per heavy atom. The molecule has 5 rings (SSSR count). The van der Waals surface area contributed by atoms with Crippen LogP contribution in [-0.2, 0) is 15.1 Å². The highest BCUT2D eigenvalue weighted by atomic mass is 32.1. The monoisotopic (exact) mass is 523 g/mol. The van der Waals surface area contributed by atoms with Crippen molar-refractivity contribution in [1.82, 2.24) is 15.5 Å². The minimum Gasteiger partial charge on any atom is -0.446 e. The van der Waals surface area contributed by atoms with Gasteiger partial charge < -0.3 is 21.1 Å². The smallest absolute Gasteiger partial charge is 0.407 e. The van der Waals surface area contributed by atoms with Gasteiger partial charge in [-0.25, -0.2) is 9.18 Å². The molecule has 2 amide bonds. The number of nitrogens with one attached hydrogen (secondary N) is 2. The fourth-order valence-corrected chi connectivity index (χ4v) is 5.55. The van der Waals surface area contributed by atoms with Crippen molar-refractivity contribution in [2.24, 2.45) is 11.7 Å². The van der Waals surface area contributed by atoms with Crippen molar-refractivity contribution in [3.63, 3.8) is 0 Å². The SMILES string of the molecule is CNC(=O)OC1CCC(CC(=O)Nc2cc(-c3ccsc3)c(-c3ccc(C4(N)CC4)c(F)c3)nn2)CC1. The lowest BCUT2D eigenvalue weighted by Gasteiger charge is -2.27. The highest BCUT2D eigenvalue weighted by Crippen LogP contribution is 2.44. The Morgan fingerprint density at radius 2 is 1.92 bits per heavy atom. The molecule has 0 atom stereocenters. The molecule has 0 bridgehead atoms. The van der Waals surface area contributed by atoms with E-state index >= 15 is 0 Å². The van der Waals surface area contributed by atoms with Crippen LogP contribution in [0.5, 0.6) is 0 Å². The van der Waals surface area contributed by atoms with E-state index in [4.69, 9.17) is 10.5 Å². The van der Waals surface area contributed by atoms with Gasteiger partial charge in [0.25, 0.3) is 0 Å². The molecule has 3 aromatic rings. The van der Waals surface area contributed by atoms with Gasteiger partial charge in [0, 0.05) is 35.7 Å². The summed E-state index contributed by atoms with van der Waals surface area (Å²) in [5.41, 5.74) is 8.99. The number of anilines is 1. The first-order valence-electron chi connectivity index (χ1n) is 12.5. The highest BCUT2D eigenvalue weighted by molar-refractivity contribution is 7.08. The Hall–Kier alpha value is -3.37. The van der Waals surface area contributed by atoms with Crippen molar-refractivity contribution >= 4 is 29.2 Å². The van der Waals surface area contributed by atoms with Crippen LogP contribution < -0.4 is 16.4 Å². The lowest BCUT2D eigenvalue weighted by molar-refractivity contribution is -0.117. The molecular formula is C27H30FN5O3S. The van der Waals surface area contributed by atoms with Gasteiger partial charge in [0.1, 0.15) is 17.6 Å². The minimum atomic E-state index is -0.560. The first-order valence-corrected chi connectivity index (χ1v) is 13.5. The molecule has 2 aliphatic rings. The summed E-state index contributed by atoms with van der Waals surface area (Å²) in [6, 6.07) is 8.77. The zero-order valence-corrected chi connectivity index (χ0v) is 21.4. The van der Waals surface area contributed by atoms with E-state index in [-0.39, 0.29) is 23.7 Å². The van der Waals surface area contributed by atoms with Gasteiger partial charge in [0.2, 0.25) is 5.91 Å². The molecule has 0 aliphatic heterocycles. The lowest BCUT2D eigenvalue weighted by atomic mass is 9.85. The Balaban J connectivity index is 1.29. The molecule has 1 aromatic carbocycles. The fraction of sp³-hybridized carbons (Fsp3) is 0.407. The number of aromatic nitrogens is 2. The first kappa shape index (κ1) is 25.3. The zero-order valence-electron chi connectivity index (χ0n) is 20.6. The van der Waals surface area contributed by atoms with Crippen molar-refractivity contribution in [1.29, 1.82) is 0 Å². The molecule has 2 aromatic heterocycles. The van der Waals surface area contributed by atoms with Gasteiger partial charge in [-0.1, -0.05) is 12.1 Å². The number of hydrogen-bond donors (Lipinski definition) is 3. The van der Waals surface area contributed by atoms with E-state index in [9.17, 15) is 14.0 Å². The summed E-state index contributed by atoms with van der Waals surface area (Å²) in [5.74, 6) is 0.0833. The van der Waals surface area contributed by atoms with Crippen LogP contribution >= 0.6 is 11.3 Å². The fourth-order valence-electron chi connectivity index (χ4n) is 4.89. The van der Waals surface area contributed by atoms with Gasteiger partial charge in [-0.2, -0.15) is 11.3 Å². The number of thiophene rings is 1. The minimum absolute atomic E-state index is 0.107. The van der Waals surface area contributed by atoms with Gasteiger partial charge in [-0.15, -0.1) is 10.2 Å². The van der Waals surface area contributed by atoms with Crippen molar-refractivity contribution in [2.75, 3.05) is 12.4 Å². The molecular weight excluding hydrogens is 493 g/mol. The van der Waals surface area contributed by atoms with Crippen LogP contribution in [0.1, 0.15) is 50.5 Å². The topological polar surface area (TPSA) is 119 Å². The molecule has 2 saturated carbocycles. The maximum absolute atomic E-state index is 14.9. The number of benzene rings is 1. The summed E-state index contributed by atoms with van der Waals surface area (Å²) in [6.45, 7) is 0. The Bertz CT molecular complexity index is 1290. The highest BCUT2D eigenvalue weighted by Gasteiger charge is 2.42. The lowest BCUT2D eigenvalue weighted by Crippen LogP contribution is -2.30. The van der Waals surface area contributed by atoms with Crippen molar-refractivity contribution < 1.29 is 18.7 Å². The molecule has 10 heteroatoms. The summed E-state index contributed by atoms with van der Waals surface area (Å²) in [4.78, 5) is 24.2. The van der Waals surface area contributed by atoms with E-state index in [2.05, 4.69) is 20.8 Å². The number of carbonyl (C=O) groups excluding carboxylic acids is 2.